The van der Waals surface area contributed by atoms with Crippen LogP contribution in [0.2, 0.25) is 0 Å². The predicted molar refractivity (Wildman–Crippen MR) is 77.1 cm³/mol. The second-order valence-corrected chi connectivity index (χ2v) is 4.80. The Morgan fingerprint density at radius 2 is 1.58 bits per heavy atom. The lowest BCUT2D eigenvalue weighted by Gasteiger charge is -2.04. The van der Waals surface area contributed by atoms with Gasteiger partial charge < -0.3 is 10.2 Å². The van der Waals surface area contributed by atoms with E-state index < -0.39 is 11.9 Å². The number of aliphatic carboxylic acids is 2. The number of rotatable bonds is 9. The van der Waals surface area contributed by atoms with Crippen molar-refractivity contribution < 1.29 is 19.8 Å². The molecule has 0 saturated carbocycles. The molecule has 0 saturated heterocycles. The first-order valence-electron chi connectivity index (χ1n) is 6.57. The molecule has 0 atom stereocenters. The molecule has 0 radical (unpaired) electrons. The number of hydrogen-bond acceptors (Lipinski definition) is 2. The molecule has 110 valence electrons. The molecule has 0 aromatic carbocycles. The molecule has 0 unspecified atom stereocenters. The van der Waals surface area contributed by atoms with E-state index >= 15 is 0 Å². The summed E-state index contributed by atoms with van der Waals surface area (Å²) in [6, 6.07) is 0. The van der Waals surface area contributed by atoms with Crippen molar-refractivity contribution in [3.8, 4) is 0 Å². The molecule has 4 nitrogen and oxygen atoms in total. The van der Waals surface area contributed by atoms with Gasteiger partial charge in [-0.2, -0.15) is 0 Å². The van der Waals surface area contributed by atoms with Crippen LogP contribution < -0.4 is 0 Å². The van der Waals surface area contributed by atoms with Crippen LogP contribution in [0.5, 0.6) is 0 Å². The zero-order chi connectivity index (χ0) is 15.3. The van der Waals surface area contributed by atoms with E-state index in [2.05, 4.69) is 27.0 Å². The first-order valence-corrected chi connectivity index (χ1v) is 6.57. The van der Waals surface area contributed by atoms with Crippen LogP contribution in [0.15, 0.2) is 24.8 Å². The summed E-state index contributed by atoms with van der Waals surface area (Å²) < 4.78 is 0. The average Bonchev–Trinajstić information content (AvgIpc) is 2.33. The van der Waals surface area contributed by atoms with Crippen molar-refractivity contribution in [1.82, 2.24) is 0 Å². The van der Waals surface area contributed by atoms with E-state index in [9.17, 15) is 9.59 Å². The van der Waals surface area contributed by atoms with E-state index in [1.54, 1.807) is 0 Å². The van der Waals surface area contributed by atoms with Gasteiger partial charge in [0, 0.05) is 11.6 Å². The Bertz CT molecular complexity index is 293. The smallest absolute Gasteiger partial charge is 0.330 e. The monoisotopic (exact) mass is 270 g/mol. The number of carbonyl (C=O) groups is 2. The fourth-order valence-electron chi connectivity index (χ4n) is 1.35. The molecule has 4 heteroatoms. The van der Waals surface area contributed by atoms with Crippen molar-refractivity contribution in [3.05, 3.63) is 24.8 Å². The summed E-state index contributed by atoms with van der Waals surface area (Å²) in [6.45, 7) is 10.9. The van der Waals surface area contributed by atoms with E-state index in [4.69, 9.17) is 10.2 Å². The van der Waals surface area contributed by atoms with Gasteiger partial charge in [-0.25, -0.2) is 9.59 Å². The minimum Gasteiger partial charge on any atom is -0.478 e. The lowest BCUT2D eigenvalue weighted by Crippen LogP contribution is -1.98. The maximum Gasteiger partial charge on any atom is 0.330 e. The highest BCUT2D eigenvalue weighted by molar-refractivity contribution is 5.85. The van der Waals surface area contributed by atoms with Gasteiger partial charge in [0.05, 0.1) is 0 Å². The zero-order valence-electron chi connectivity index (χ0n) is 12.0. The normalized spacial score (nSPS) is 9.42. The van der Waals surface area contributed by atoms with Gasteiger partial charge in [0.1, 0.15) is 0 Å². The topological polar surface area (TPSA) is 74.6 Å². The lowest BCUT2D eigenvalue weighted by molar-refractivity contribution is -0.133. The van der Waals surface area contributed by atoms with Gasteiger partial charge in [-0.3, -0.25) is 0 Å². The van der Waals surface area contributed by atoms with Crippen LogP contribution in [0.4, 0.5) is 0 Å². The van der Waals surface area contributed by atoms with Crippen molar-refractivity contribution in [3.63, 3.8) is 0 Å². The molecule has 0 amide bonds. The van der Waals surface area contributed by atoms with E-state index in [0.717, 1.165) is 24.8 Å². The molecule has 0 heterocycles. The van der Waals surface area contributed by atoms with Gasteiger partial charge in [0.25, 0.3) is 0 Å². The van der Waals surface area contributed by atoms with Crippen molar-refractivity contribution >= 4 is 11.9 Å². The van der Waals surface area contributed by atoms with Crippen molar-refractivity contribution in [1.29, 1.82) is 0 Å². The minimum absolute atomic E-state index is 0.342. The van der Waals surface area contributed by atoms with E-state index in [-0.39, 0.29) is 0 Å². The molecular formula is C15H26O4. The summed E-state index contributed by atoms with van der Waals surface area (Å²) in [5.41, 5.74) is 0.342. The predicted octanol–water partition coefficient (Wildman–Crippen LogP) is 3.88. The Morgan fingerprint density at radius 1 is 1.11 bits per heavy atom. The molecule has 0 aliphatic rings. The summed E-state index contributed by atoms with van der Waals surface area (Å²) >= 11 is 0. The molecule has 0 aliphatic heterocycles. The van der Waals surface area contributed by atoms with Crippen LogP contribution in [-0.4, -0.2) is 22.2 Å². The zero-order valence-corrected chi connectivity index (χ0v) is 12.0. The first kappa shape index (κ1) is 19.8. The second-order valence-electron chi connectivity index (χ2n) is 4.80. The highest BCUT2D eigenvalue weighted by atomic mass is 16.4. The summed E-state index contributed by atoms with van der Waals surface area (Å²) in [5.74, 6) is -1.05. The Balaban J connectivity index is 0. The number of carboxylic acids is 2. The number of unbranched alkanes of at least 4 members (excludes halogenated alkanes) is 3. The van der Waals surface area contributed by atoms with Gasteiger partial charge in [0.2, 0.25) is 0 Å². The SMILES string of the molecule is C=C(CCCCCCC(C)C)C(=O)O.C=CC(=O)O. The van der Waals surface area contributed by atoms with Crippen molar-refractivity contribution in [2.24, 2.45) is 5.92 Å². The molecule has 2 N–H and O–H groups in total. The van der Waals surface area contributed by atoms with E-state index in [1.807, 2.05) is 0 Å². The van der Waals surface area contributed by atoms with Gasteiger partial charge in [-0.1, -0.05) is 52.7 Å². The van der Waals surface area contributed by atoms with Gasteiger partial charge in [-0.15, -0.1) is 0 Å². The summed E-state index contributed by atoms with van der Waals surface area (Å²) in [7, 11) is 0. The molecular weight excluding hydrogens is 244 g/mol. The summed E-state index contributed by atoms with van der Waals surface area (Å²) in [4.78, 5) is 19.7. The Morgan fingerprint density at radius 3 is 1.95 bits per heavy atom. The van der Waals surface area contributed by atoms with E-state index in [1.165, 1.54) is 19.3 Å². The fraction of sp³-hybridized carbons (Fsp3) is 0.600. The molecule has 0 aromatic rings. The minimum atomic E-state index is -0.981. The average molecular weight is 270 g/mol. The van der Waals surface area contributed by atoms with Crippen LogP contribution in [-0.2, 0) is 9.59 Å². The van der Waals surface area contributed by atoms with Crippen LogP contribution in [0.3, 0.4) is 0 Å². The summed E-state index contributed by atoms with van der Waals surface area (Å²) in [6.07, 6.45) is 7.31. The van der Waals surface area contributed by atoms with Gasteiger partial charge in [0.15, 0.2) is 0 Å². The third-order valence-electron chi connectivity index (χ3n) is 2.49. The maximum absolute atomic E-state index is 10.4. The molecule has 0 bridgehead atoms. The maximum atomic E-state index is 10.4. The standard InChI is InChI=1S/C12H22O2.C3H4O2/c1-10(2)8-6-4-5-7-9-11(3)12(13)14;1-2-3(4)5/h10H,3-9H2,1-2H3,(H,13,14);2H,1H2,(H,4,5). The quantitative estimate of drug-likeness (QED) is 0.492. The molecule has 0 fully saturated rings. The molecule has 0 spiro atoms. The van der Waals surface area contributed by atoms with Crippen molar-refractivity contribution in [2.45, 2.75) is 52.4 Å². The largest absolute Gasteiger partial charge is 0.478 e. The summed E-state index contributed by atoms with van der Waals surface area (Å²) in [5, 5.41) is 16.2. The van der Waals surface area contributed by atoms with Crippen LogP contribution in [0, 0.1) is 5.92 Å². The lowest BCUT2D eigenvalue weighted by atomic mass is 10.0. The van der Waals surface area contributed by atoms with Crippen LogP contribution >= 0.6 is 0 Å². The highest BCUT2D eigenvalue weighted by Crippen LogP contribution is 2.12. The van der Waals surface area contributed by atoms with Crippen LogP contribution in [0.1, 0.15) is 52.4 Å². The molecule has 0 rings (SSSR count). The number of carboxylic acid groups (broad SMARTS) is 2. The Hall–Kier alpha value is -1.58. The highest BCUT2D eigenvalue weighted by Gasteiger charge is 2.02. The van der Waals surface area contributed by atoms with Crippen LogP contribution in [0.25, 0.3) is 0 Å². The third-order valence-corrected chi connectivity index (χ3v) is 2.49. The Labute approximate surface area is 115 Å². The van der Waals surface area contributed by atoms with Gasteiger partial charge in [-0.05, 0) is 18.8 Å². The first-order chi connectivity index (χ1) is 8.81. The molecule has 0 aliphatic carbocycles. The fourth-order valence-corrected chi connectivity index (χ4v) is 1.35. The van der Waals surface area contributed by atoms with Gasteiger partial charge >= 0.3 is 11.9 Å². The molecule has 0 aromatic heterocycles. The van der Waals surface area contributed by atoms with E-state index in [0.29, 0.717) is 12.0 Å². The van der Waals surface area contributed by atoms with Crippen molar-refractivity contribution in [2.75, 3.05) is 0 Å². The number of hydrogen-bond donors (Lipinski definition) is 2. The second kappa shape index (κ2) is 12.9. The third kappa shape index (κ3) is 19.0. The molecule has 19 heavy (non-hydrogen) atoms. The Kier molecular flexibility index (Phi) is 13.4.